The van der Waals surface area contributed by atoms with Gasteiger partial charge in [0.2, 0.25) is 0 Å². The lowest BCUT2D eigenvalue weighted by Gasteiger charge is -2.12. The molecule has 0 amide bonds. The number of hydrogen-bond donors (Lipinski definition) is 0. The van der Waals surface area contributed by atoms with Crippen LogP contribution in [0, 0.1) is 0 Å². The van der Waals surface area contributed by atoms with Gasteiger partial charge in [-0.3, -0.25) is 4.79 Å². The Morgan fingerprint density at radius 1 is 1.09 bits per heavy atom. The maximum absolute atomic E-state index is 12.6. The molecule has 1 aliphatic rings. The molecular formula is C18H16Cl2OS. The zero-order valence-corrected chi connectivity index (χ0v) is 14.6. The van der Waals surface area contributed by atoms with E-state index < -0.39 is 0 Å². The number of rotatable bonds is 4. The van der Waals surface area contributed by atoms with Crippen LogP contribution in [0.25, 0.3) is 0 Å². The second kappa shape index (κ2) is 6.66. The number of thioether (sulfide) groups is 1. The van der Waals surface area contributed by atoms with E-state index in [9.17, 15) is 4.79 Å². The van der Waals surface area contributed by atoms with Crippen LogP contribution in [-0.2, 0) is 12.8 Å². The number of carbonyl (C=O) groups excluding carboxylic acids is 1. The largest absolute Gasteiger partial charge is 0.293 e. The average molecular weight is 351 g/mol. The lowest BCUT2D eigenvalue weighted by atomic mass is 10.0. The minimum atomic E-state index is -0.199. The van der Waals surface area contributed by atoms with Gasteiger partial charge in [0.15, 0.2) is 5.78 Å². The molecule has 1 nitrogen and oxygen atoms in total. The van der Waals surface area contributed by atoms with Crippen molar-refractivity contribution < 1.29 is 4.79 Å². The smallest absolute Gasteiger partial charge is 0.175 e. The van der Waals surface area contributed by atoms with Crippen molar-refractivity contribution >= 4 is 40.7 Å². The van der Waals surface area contributed by atoms with E-state index in [1.807, 2.05) is 13.0 Å². The van der Waals surface area contributed by atoms with E-state index in [1.54, 1.807) is 18.2 Å². The van der Waals surface area contributed by atoms with Gasteiger partial charge in [0.05, 0.1) is 10.3 Å². The van der Waals surface area contributed by atoms with Crippen molar-refractivity contribution in [3.05, 3.63) is 63.1 Å². The molecule has 1 atom stereocenters. The third-order valence-electron chi connectivity index (χ3n) is 3.95. The first-order chi connectivity index (χ1) is 10.5. The fourth-order valence-electron chi connectivity index (χ4n) is 2.77. The fraction of sp³-hybridized carbons (Fsp3) is 0.278. The Bertz CT molecular complexity index is 727. The van der Waals surface area contributed by atoms with Crippen LogP contribution in [0.15, 0.2) is 41.3 Å². The van der Waals surface area contributed by atoms with Crippen molar-refractivity contribution in [1.82, 2.24) is 0 Å². The third-order valence-corrected chi connectivity index (χ3v) is 5.79. The summed E-state index contributed by atoms with van der Waals surface area (Å²) in [7, 11) is 0. The van der Waals surface area contributed by atoms with E-state index >= 15 is 0 Å². The number of Topliss-reactive ketones (excluding diaryl/α,β-unsaturated/α-hetero) is 1. The normalized spacial score (nSPS) is 14.7. The van der Waals surface area contributed by atoms with Gasteiger partial charge in [0.25, 0.3) is 0 Å². The minimum absolute atomic E-state index is 0.135. The molecular weight excluding hydrogens is 335 g/mol. The number of hydrogen-bond acceptors (Lipinski definition) is 2. The predicted molar refractivity (Wildman–Crippen MR) is 94.6 cm³/mol. The first kappa shape index (κ1) is 15.9. The lowest BCUT2D eigenvalue weighted by molar-refractivity contribution is 0.0994. The quantitative estimate of drug-likeness (QED) is 0.508. The molecule has 3 rings (SSSR count). The molecule has 0 saturated heterocycles. The van der Waals surface area contributed by atoms with Crippen LogP contribution in [0.2, 0.25) is 10.0 Å². The highest BCUT2D eigenvalue weighted by atomic mass is 35.5. The van der Waals surface area contributed by atoms with Gasteiger partial charge in [-0.05, 0) is 61.6 Å². The summed E-state index contributed by atoms with van der Waals surface area (Å²) in [5, 5.41) is 1.06. The van der Waals surface area contributed by atoms with E-state index in [1.165, 1.54) is 29.3 Å². The van der Waals surface area contributed by atoms with Crippen molar-refractivity contribution in [2.24, 2.45) is 0 Å². The lowest BCUT2D eigenvalue weighted by Crippen LogP contribution is -2.13. The topological polar surface area (TPSA) is 17.1 Å². The summed E-state index contributed by atoms with van der Waals surface area (Å²) in [6.45, 7) is 1.91. The molecule has 2 aromatic carbocycles. The molecule has 1 aliphatic carbocycles. The minimum Gasteiger partial charge on any atom is -0.293 e. The molecule has 0 N–H and O–H groups in total. The van der Waals surface area contributed by atoms with Crippen LogP contribution in [-0.4, -0.2) is 11.0 Å². The van der Waals surface area contributed by atoms with Gasteiger partial charge in [-0.1, -0.05) is 35.3 Å². The second-order valence-electron chi connectivity index (χ2n) is 5.54. The van der Waals surface area contributed by atoms with E-state index in [4.69, 9.17) is 23.2 Å². The highest BCUT2D eigenvalue weighted by Crippen LogP contribution is 2.34. The highest BCUT2D eigenvalue weighted by molar-refractivity contribution is 8.00. The summed E-state index contributed by atoms with van der Waals surface area (Å²) >= 11 is 13.6. The van der Waals surface area contributed by atoms with E-state index in [0.717, 1.165) is 23.3 Å². The third kappa shape index (κ3) is 3.34. The van der Waals surface area contributed by atoms with Crippen molar-refractivity contribution in [2.45, 2.75) is 36.3 Å². The van der Waals surface area contributed by atoms with Crippen molar-refractivity contribution in [3.63, 3.8) is 0 Å². The Morgan fingerprint density at radius 2 is 1.86 bits per heavy atom. The Kier molecular flexibility index (Phi) is 4.82. The van der Waals surface area contributed by atoms with Gasteiger partial charge in [0, 0.05) is 15.5 Å². The molecule has 0 saturated carbocycles. The second-order valence-corrected chi connectivity index (χ2v) is 7.76. The van der Waals surface area contributed by atoms with Gasteiger partial charge < -0.3 is 0 Å². The molecule has 0 radical (unpaired) electrons. The number of ketones is 1. The SMILES string of the molecule is C[C@H](Sc1cc(Cl)ccc1Cl)C(=O)c1ccc2c(c1)CCC2. The maximum Gasteiger partial charge on any atom is 0.175 e. The van der Waals surface area contributed by atoms with Crippen LogP contribution < -0.4 is 0 Å². The van der Waals surface area contributed by atoms with Crippen LogP contribution in [0.3, 0.4) is 0 Å². The Hall–Kier alpha value is -0.960. The molecule has 0 aromatic heterocycles. The van der Waals surface area contributed by atoms with Crippen LogP contribution in [0.4, 0.5) is 0 Å². The Balaban J connectivity index is 1.78. The number of carbonyl (C=O) groups is 1. The standard InChI is InChI=1S/C18H16Cl2OS/c1-11(22-17-10-15(19)7-8-16(17)20)18(21)14-6-5-12-3-2-4-13(12)9-14/h5-11H,2-4H2,1H3/t11-/m0/s1. The van der Waals surface area contributed by atoms with Crippen molar-refractivity contribution in [1.29, 1.82) is 0 Å². The highest BCUT2D eigenvalue weighted by Gasteiger charge is 2.20. The average Bonchev–Trinajstić information content (AvgIpc) is 2.97. The van der Waals surface area contributed by atoms with Crippen LogP contribution in [0.5, 0.6) is 0 Å². The fourth-order valence-corrected chi connectivity index (χ4v) is 4.26. The summed E-state index contributed by atoms with van der Waals surface area (Å²) in [5.41, 5.74) is 3.50. The predicted octanol–water partition coefficient (Wildman–Crippen LogP) is 5.85. The monoisotopic (exact) mass is 350 g/mol. The summed E-state index contributed by atoms with van der Waals surface area (Å²) in [4.78, 5) is 13.5. The Morgan fingerprint density at radius 3 is 2.68 bits per heavy atom. The first-order valence-corrected chi connectivity index (χ1v) is 8.96. The van der Waals surface area contributed by atoms with Gasteiger partial charge in [-0.2, -0.15) is 0 Å². The van der Waals surface area contributed by atoms with Crippen LogP contribution >= 0.6 is 35.0 Å². The van der Waals surface area contributed by atoms with E-state index in [0.29, 0.717) is 10.0 Å². The van der Waals surface area contributed by atoms with Gasteiger partial charge >= 0.3 is 0 Å². The van der Waals surface area contributed by atoms with Gasteiger partial charge in [-0.25, -0.2) is 0 Å². The molecule has 4 heteroatoms. The first-order valence-electron chi connectivity index (χ1n) is 7.32. The van der Waals surface area contributed by atoms with Gasteiger partial charge in [-0.15, -0.1) is 11.8 Å². The van der Waals surface area contributed by atoms with Crippen molar-refractivity contribution in [2.75, 3.05) is 0 Å². The molecule has 0 spiro atoms. The molecule has 114 valence electrons. The molecule has 0 heterocycles. The number of aryl methyl sites for hydroxylation is 2. The van der Waals surface area contributed by atoms with Gasteiger partial charge in [0.1, 0.15) is 0 Å². The molecule has 0 fully saturated rings. The number of fused-ring (bicyclic) bond motifs is 1. The summed E-state index contributed by atoms with van der Waals surface area (Å²) in [6, 6.07) is 11.4. The van der Waals surface area contributed by atoms with Crippen molar-refractivity contribution in [3.8, 4) is 0 Å². The maximum atomic E-state index is 12.6. The molecule has 0 bridgehead atoms. The Labute approximate surface area is 145 Å². The molecule has 0 aliphatic heterocycles. The molecule has 22 heavy (non-hydrogen) atoms. The summed E-state index contributed by atoms with van der Waals surface area (Å²) in [6.07, 6.45) is 3.40. The molecule has 2 aromatic rings. The number of halogens is 2. The van der Waals surface area contributed by atoms with E-state index in [2.05, 4.69) is 12.1 Å². The zero-order valence-electron chi connectivity index (χ0n) is 12.2. The summed E-state index contributed by atoms with van der Waals surface area (Å²) in [5.74, 6) is 0.135. The number of benzene rings is 2. The molecule has 0 unspecified atom stereocenters. The summed E-state index contributed by atoms with van der Waals surface area (Å²) < 4.78 is 0. The zero-order chi connectivity index (χ0) is 15.7. The van der Waals surface area contributed by atoms with E-state index in [-0.39, 0.29) is 11.0 Å². The van der Waals surface area contributed by atoms with Crippen LogP contribution in [0.1, 0.15) is 34.8 Å².